The number of methoxy groups -OCH3 is 1. The van der Waals surface area contributed by atoms with E-state index in [4.69, 9.17) is 28.6 Å². The Balaban J connectivity index is 1.86. The second-order valence-corrected chi connectivity index (χ2v) is 7.59. The van der Waals surface area contributed by atoms with E-state index < -0.39 is 11.8 Å². The number of benzene rings is 3. The average Bonchev–Trinajstić information content (AvgIpc) is 2.73. The normalized spacial score (nSPS) is 15.6. The van der Waals surface area contributed by atoms with E-state index in [0.29, 0.717) is 22.0 Å². The van der Waals surface area contributed by atoms with Gasteiger partial charge in [-0.05, 0) is 59.8 Å². The van der Waals surface area contributed by atoms with Crippen LogP contribution in [0.25, 0.3) is 16.8 Å². The molecule has 3 aromatic carbocycles. The predicted molar refractivity (Wildman–Crippen MR) is 123 cm³/mol. The standard InChI is InChI=1S/C23H17ClN2O3S/c1-13-7-9-15(11-19(13)24)26-22(28)18(21(27)25-23(26)30)12-17-16-6-4-3-5-14(16)8-10-20(17)29-2/h3-12H,1-2H3,(H,25,27,30)/b18-12-. The average molecular weight is 437 g/mol. The molecule has 0 aliphatic carbocycles. The van der Waals surface area contributed by atoms with E-state index >= 15 is 0 Å². The first kappa shape index (κ1) is 20.1. The molecule has 1 aliphatic rings. The highest BCUT2D eigenvalue weighted by atomic mass is 35.5. The summed E-state index contributed by atoms with van der Waals surface area (Å²) >= 11 is 11.5. The summed E-state index contributed by atoms with van der Waals surface area (Å²) in [5.74, 6) is -0.534. The summed E-state index contributed by atoms with van der Waals surface area (Å²) in [6.07, 6.45) is 1.55. The van der Waals surface area contributed by atoms with Crippen molar-refractivity contribution < 1.29 is 14.3 Å². The summed E-state index contributed by atoms with van der Waals surface area (Å²) in [4.78, 5) is 27.2. The fourth-order valence-electron chi connectivity index (χ4n) is 3.36. The van der Waals surface area contributed by atoms with Gasteiger partial charge in [-0.3, -0.25) is 19.8 Å². The lowest BCUT2D eigenvalue weighted by Crippen LogP contribution is -2.54. The quantitative estimate of drug-likeness (QED) is 0.369. The van der Waals surface area contributed by atoms with Crippen LogP contribution in [0.15, 0.2) is 60.2 Å². The molecule has 3 aromatic rings. The minimum absolute atomic E-state index is 0.00644. The first-order valence-electron chi connectivity index (χ1n) is 9.14. The monoisotopic (exact) mass is 436 g/mol. The molecule has 1 heterocycles. The third-order valence-electron chi connectivity index (χ3n) is 4.95. The van der Waals surface area contributed by atoms with Gasteiger partial charge in [-0.15, -0.1) is 0 Å². The van der Waals surface area contributed by atoms with Crippen molar-refractivity contribution in [2.75, 3.05) is 12.0 Å². The van der Waals surface area contributed by atoms with Crippen molar-refractivity contribution in [1.82, 2.24) is 5.32 Å². The number of carbonyl (C=O) groups is 2. The Bertz CT molecular complexity index is 1250. The first-order valence-corrected chi connectivity index (χ1v) is 9.92. The van der Waals surface area contributed by atoms with E-state index in [0.717, 1.165) is 16.3 Å². The molecule has 1 N–H and O–H groups in total. The number of nitrogens with zero attached hydrogens (tertiary/aromatic N) is 1. The number of hydrogen-bond acceptors (Lipinski definition) is 4. The second-order valence-electron chi connectivity index (χ2n) is 6.79. The lowest BCUT2D eigenvalue weighted by molar-refractivity contribution is -0.122. The molecule has 0 radical (unpaired) electrons. The van der Waals surface area contributed by atoms with Gasteiger partial charge in [0.1, 0.15) is 11.3 Å². The number of fused-ring (bicyclic) bond motifs is 1. The van der Waals surface area contributed by atoms with Crippen molar-refractivity contribution in [3.63, 3.8) is 0 Å². The summed E-state index contributed by atoms with van der Waals surface area (Å²) in [5, 5.41) is 4.93. The number of ether oxygens (including phenoxy) is 1. The minimum atomic E-state index is -0.561. The Labute approximate surface area is 183 Å². The number of halogens is 1. The Morgan fingerprint density at radius 2 is 1.87 bits per heavy atom. The number of amides is 2. The van der Waals surface area contributed by atoms with E-state index in [1.165, 1.54) is 4.90 Å². The molecule has 1 fully saturated rings. The van der Waals surface area contributed by atoms with Crippen LogP contribution in [0.2, 0.25) is 5.02 Å². The van der Waals surface area contributed by atoms with Crippen molar-refractivity contribution in [2.45, 2.75) is 6.92 Å². The van der Waals surface area contributed by atoms with Crippen molar-refractivity contribution in [3.05, 3.63) is 76.3 Å². The number of thiocarbonyl (C=S) groups is 1. The first-order chi connectivity index (χ1) is 14.4. The van der Waals surface area contributed by atoms with Crippen LogP contribution >= 0.6 is 23.8 Å². The summed E-state index contributed by atoms with van der Waals surface area (Å²) in [6, 6.07) is 16.6. The highest BCUT2D eigenvalue weighted by Gasteiger charge is 2.35. The van der Waals surface area contributed by atoms with E-state index in [2.05, 4.69) is 5.32 Å². The van der Waals surface area contributed by atoms with E-state index in [9.17, 15) is 9.59 Å². The van der Waals surface area contributed by atoms with Crippen LogP contribution in [0.5, 0.6) is 5.75 Å². The number of rotatable bonds is 3. The van der Waals surface area contributed by atoms with Gasteiger partial charge in [-0.25, -0.2) is 0 Å². The van der Waals surface area contributed by atoms with Gasteiger partial charge in [0.2, 0.25) is 0 Å². The molecule has 0 saturated carbocycles. The fourth-order valence-corrected chi connectivity index (χ4v) is 3.82. The molecule has 4 rings (SSSR count). The molecule has 0 bridgehead atoms. The van der Waals surface area contributed by atoms with Crippen LogP contribution in [0.3, 0.4) is 0 Å². The topological polar surface area (TPSA) is 58.6 Å². The zero-order valence-electron chi connectivity index (χ0n) is 16.2. The number of carbonyl (C=O) groups excluding carboxylic acids is 2. The number of hydrogen-bond donors (Lipinski definition) is 1. The minimum Gasteiger partial charge on any atom is -0.496 e. The second kappa shape index (κ2) is 7.89. The lowest BCUT2D eigenvalue weighted by atomic mass is 9.99. The number of anilines is 1. The smallest absolute Gasteiger partial charge is 0.270 e. The van der Waals surface area contributed by atoms with Gasteiger partial charge in [-0.2, -0.15) is 0 Å². The zero-order valence-corrected chi connectivity index (χ0v) is 17.8. The van der Waals surface area contributed by atoms with E-state index in [1.807, 2.05) is 43.3 Å². The lowest BCUT2D eigenvalue weighted by Gasteiger charge is -2.29. The van der Waals surface area contributed by atoms with Gasteiger partial charge in [0.15, 0.2) is 5.11 Å². The van der Waals surface area contributed by atoms with Gasteiger partial charge in [0.25, 0.3) is 11.8 Å². The van der Waals surface area contributed by atoms with Crippen molar-refractivity contribution >= 4 is 63.3 Å². The Kier molecular flexibility index (Phi) is 5.28. The third kappa shape index (κ3) is 3.44. The molecule has 1 saturated heterocycles. The maximum absolute atomic E-state index is 13.3. The van der Waals surface area contributed by atoms with Crippen LogP contribution in [-0.4, -0.2) is 24.0 Å². The van der Waals surface area contributed by atoms with Crippen LogP contribution in [0.1, 0.15) is 11.1 Å². The maximum Gasteiger partial charge on any atom is 0.270 e. The Morgan fingerprint density at radius 3 is 2.60 bits per heavy atom. The number of aryl methyl sites for hydroxylation is 1. The van der Waals surface area contributed by atoms with Gasteiger partial charge < -0.3 is 4.74 Å². The van der Waals surface area contributed by atoms with Crippen molar-refractivity contribution in [1.29, 1.82) is 0 Å². The Morgan fingerprint density at radius 1 is 1.10 bits per heavy atom. The molecule has 30 heavy (non-hydrogen) atoms. The van der Waals surface area contributed by atoms with Crippen LogP contribution < -0.4 is 15.0 Å². The molecular weight excluding hydrogens is 420 g/mol. The highest BCUT2D eigenvalue weighted by Crippen LogP contribution is 2.32. The van der Waals surface area contributed by atoms with E-state index in [1.54, 1.807) is 31.4 Å². The van der Waals surface area contributed by atoms with Gasteiger partial charge in [0.05, 0.1) is 12.8 Å². The van der Waals surface area contributed by atoms with Crippen LogP contribution in [-0.2, 0) is 9.59 Å². The fraction of sp³-hybridized carbons (Fsp3) is 0.0870. The van der Waals surface area contributed by atoms with Crippen LogP contribution in [0.4, 0.5) is 5.69 Å². The van der Waals surface area contributed by atoms with Crippen LogP contribution in [0, 0.1) is 6.92 Å². The molecule has 5 nitrogen and oxygen atoms in total. The largest absolute Gasteiger partial charge is 0.496 e. The summed E-state index contributed by atoms with van der Waals surface area (Å²) in [7, 11) is 1.55. The molecule has 7 heteroatoms. The molecule has 1 aliphatic heterocycles. The number of nitrogens with one attached hydrogen (secondary N) is 1. The van der Waals surface area contributed by atoms with Gasteiger partial charge >= 0.3 is 0 Å². The van der Waals surface area contributed by atoms with Gasteiger partial charge in [0, 0.05) is 10.6 Å². The predicted octanol–water partition coefficient (Wildman–Crippen LogP) is 4.64. The summed E-state index contributed by atoms with van der Waals surface area (Å²) < 4.78 is 5.48. The zero-order chi connectivity index (χ0) is 21.4. The summed E-state index contributed by atoms with van der Waals surface area (Å²) in [5.41, 5.74) is 1.95. The molecule has 0 spiro atoms. The highest BCUT2D eigenvalue weighted by molar-refractivity contribution is 7.80. The maximum atomic E-state index is 13.3. The van der Waals surface area contributed by atoms with Gasteiger partial charge in [-0.1, -0.05) is 48.0 Å². The molecule has 0 aromatic heterocycles. The van der Waals surface area contributed by atoms with Crippen molar-refractivity contribution in [3.8, 4) is 5.75 Å². The van der Waals surface area contributed by atoms with Crippen molar-refractivity contribution in [2.24, 2.45) is 0 Å². The Hall–Kier alpha value is -3.22. The molecular formula is C23H17ClN2O3S. The SMILES string of the molecule is COc1ccc2ccccc2c1/C=C1/C(=O)NC(=S)N(c2ccc(C)c(Cl)c2)C1=O. The molecule has 0 atom stereocenters. The summed E-state index contributed by atoms with van der Waals surface area (Å²) in [6.45, 7) is 1.86. The van der Waals surface area contributed by atoms with E-state index in [-0.39, 0.29) is 10.7 Å². The molecule has 2 amide bonds. The molecule has 150 valence electrons. The molecule has 0 unspecified atom stereocenters. The third-order valence-corrected chi connectivity index (χ3v) is 5.65.